The van der Waals surface area contributed by atoms with Crippen molar-refractivity contribution in [3.63, 3.8) is 0 Å². The zero-order valence-corrected chi connectivity index (χ0v) is 14.0. The van der Waals surface area contributed by atoms with Gasteiger partial charge in [-0.05, 0) is 30.8 Å². The molecule has 1 fully saturated rings. The Bertz CT molecular complexity index is 661. The number of carbonyl (C=O) groups is 2. The fraction of sp³-hybridized carbons (Fsp3) is 0.333. The number of alkyl halides is 3. The predicted molar refractivity (Wildman–Crippen MR) is 84.8 cm³/mol. The van der Waals surface area contributed by atoms with Crippen molar-refractivity contribution < 1.29 is 36.8 Å². The Morgan fingerprint density at radius 1 is 1.15 bits per heavy atom. The SMILES string of the molecule is CN1CC(=O)OB(ON(C)/C=C/c2ccc(C(F)(F)F)cc2)OC(=O)C1. The standard InChI is InChI=1S/C15H16BF3N2O5/c1-20-9-13(22)24-16(25-14(23)10-20)26-21(2)8-7-11-3-5-12(6-4-11)15(17,18)19/h3-8H,9-10H2,1-2H3/b8-7+. The van der Waals surface area contributed by atoms with E-state index in [-0.39, 0.29) is 13.1 Å². The monoisotopic (exact) mass is 372 g/mol. The van der Waals surface area contributed by atoms with Gasteiger partial charge in [0.05, 0.1) is 18.7 Å². The number of rotatable bonds is 4. The third kappa shape index (κ3) is 6.08. The lowest BCUT2D eigenvalue weighted by Crippen LogP contribution is -2.45. The molecule has 0 spiro atoms. The first kappa shape index (κ1) is 19.8. The van der Waals surface area contributed by atoms with Gasteiger partial charge in [-0.25, -0.2) is 4.76 Å². The van der Waals surface area contributed by atoms with Crippen LogP contribution in [0.2, 0.25) is 0 Å². The molecule has 1 aromatic rings. The molecule has 26 heavy (non-hydrogen) atoms. The normalized spacial score (nSPS) is 16.9. The van der Waals surface area contributed by atoms with Crippen molar-refractivity contribution >= 4 is 25.3 Å². The van der Waals surface area contributed by atoms with Crippen LogP contribution in [0.1, 0.15) is 11.1 Å². The predicted octanol–water partition coefficient (Wildman–Crippen LogP) is 1.56. The summed E-state index contributed by atoms with van der Waals surface area (Å²) in [7, 11) is 1.45. The molecule has 0 N–H and O–H groups in total. The smallest absolute Gasteiger partial charge is 0.471 e. The van der Waals surface area contributed by atoms with Gasteiger partial charge in [0.2, 0.25) is 0 Å². The van der Waals surface area contributed by atoms with Gasteiger partial charge in [0, 0.05) is 13.2 Å². The zero-order chi connectivity index (χ0) is 19.3. The summed E-state index contributed by atoms with van der Waals surface area (Å²) in [6.45, 7) is -0.194. The van der Waals surface area contributed by atoms with Crippen molar-refractivity contribution in [1.82, 2.24) is 9.96 Å². The largest absolute Gasteiger partial charge is 0.814 e. The van der Waals surface area contributed by atoms with Crippen molar-refractivity contribution in [2.24, 2.45) is 0 Å². The summed E-state index contributed by atoms with van der Waals surface area (Å²) in [6, 6.07) is 4.49. The number of halogens is 3. The van der Waals surface area contributed by atoms with Gasteiger partial charge in [-0.15, -0.1) is 0 Å². The second-order valence-corrected chi connectivity index (χ2v) is 5.53. The van der Waals surface area contributed by atoms with Gasteiger partial charge in [0.1, 0.15) is 0 Å². The van der Waals surface area contributed by atoms with Crippen molar-refractivity contribution in [2.45, 2.75) is 6.18 Å². The zero-order valence-electron chi connectivity index (χ0n) is 14.0. The Kier molecular flexibility index (Phi) is 6.27. The number of hydrogen-bond donors (Lipinski definition) is 0. The van der Waals surface area contributed by atoms with Crippen molar-refractivity contribution in [3.05, 3.63) is 41.6 Å². The van der Waals surface area contributed by atoms with E-state index < -0.39 is 31.0 Å². The Labute approximate surface area is 148 Å². The molecule has 0 amide bonds. The van der Waals surface area contributed by atoms with E-state index in [4.69, 9.17) is 14.1 Å². The summed E-state index contributed by atoms with van der Waals surface area (Å²) in [5.41, 5.74) is -0.265. The fourth-order valence-corrected chi connectivity index (χ4v) is 2.00. The highest BCUT2D eigenvalue weighted by Gasteiger charge is 2.36. The van der Waals surface area contributed by atoms with E-state index in [2.05, 4.69) is 0 Å². The lowest BCUT2D eigenvalue weighted by atomic mass is 10.1. The van der Waals surface area contributed by atoms with Gasteiger partial charge in [0.25, 0.3) is 0 Å². The van der Waals surface area contributed by atoms with Gasteiger partial charge in [-0.3, -0.25) is 19.6 Å². The molecule has 0 unspecified atom stereocenters. The van der Waals surface area contributed by atoms with E-state index >= 15 is 0 Å². The lowest BCUT2D eigenvalue weighted by molar-refractivity contribution is -0.154. The van der Waals surface area contributed by atoms with E-state index in [0.717, 1.165) is 17.2 Å². The van der Waals surface area contributed by atoms with Crippen molar-refractivity contribution in [2.75, 3.05) is 27.2 Å². The summed E-state index contributed by atoms with van der Waals surface area (Å²) < 4.78 is 52.4. The van der Waals surface area contributed by atoms with Crippen LogP contribution >= 0.6 is 0 Å². The molecule has 2 rings (SSSR count). The Morgan fingerprint density at radius 2 is 1.69 bits per heavy atom. The van der Waals surface area contributed by atoms with Crippen LogP contribution in [0, 0.1) is 0 Å². The summed E-state index contributed by atoms with van der Waals surface area (Å²) in [4.78, 5) is 24.6. The lowest BCUT2D eigenvalue weighted by Gasteiger charge is -2.23. The topological polar surface area (TPSA) is 68.3 Å². The van der Waals surface area contributed by atoms with E-state index in [1.807, 2.05) is 0 Å². The molecule has 0 radical (unpaired) electrons. The molecule has 1 aliphatic heterocycles. The molecule has 0 aromatic heterocycles. The van der Waals surface area contributed by atoms with Crippen molar-refractivity contribution in [3.8, 4) is 0 Å². The molecule has 1 heterocycles. The van der Waals surface area contributed by atoms with Crippen LogP contribution in [0.15, 0.2) is 30.5 Å². The van der Waals surface area contributed by atoms with Gasteiger partial charge in [-0.1, -0.05) is 12.1 Å². The molecule has 0 saturated carbocycles. The minimum Gasteiger partial charge on any atom is -0.471 e. The molecular weight excluding hydrogens is 356 g/mol. The fourth-order valence-electron chi connectivity index (χ4n) is 2.00. The van der Waals surface area contributed by atoms with E-state index in [1.165, 1.54) is 36.4 Å². The van der Waals surface area contributed by atoms with Gasteiger partial charge in [-0.2, -0.15) is 13.2 Å². The molecule has 0 bridgehead atoms. The summed E-state index contributed by atoms with van der Waals surface area (Å²) in [5, 5.41) is 1.11. The van der Waals surface area contributed by atoms with Crippen LogP contribution in [0.3, 0.4) is 0 Å². The average molecular weight is 372 g/mol. The van der Waals surface area contributed by atoms with Crippen LogP contribution in [-0.2, 0) is 29.8 Å². The molecule has 140 valence electrons. The second-order valence-electron chi connectivity index (χ2n) is 5.53. The van der Waals surface area contributed by atoms with Crippen LogP contribution in [-0.4, -0.2) is 56.4 Å². The Morgan fingerprint density at radius 3 is 2.19 bits per heavy atom. The molecule has 1 saturated heterocycles. The quantitative estimate of drug-likeness (QED) is 0.587. The van der Waals surface area contributed by atoms with Gasteiger partial charge < -0.3 is 9.31 Å². The average Bonchev–Trinajstić information content (AvgIpc) is 2.50. The number of benzene rings is 1. The maximum absolute atomic E-state index is 12.5. The molecule has 1 aromatic carbocycles. The highest BCUT2D eigenvalue weighted by Crippen LogP contribution is 2.29. The van der Waals surface area contributed by atoms with E-state index in [0.29, 0.717) is 5.56 Å². The first-order valence-electron chi connectivity index (χ1n) is 7.46. The summed E-state index contributed by atoms with van der Waals surface area (Å²) in [5.74, 6) is -1.27. The highest BCUT2D eigenvalue weighted by atomic mass is 19.4. The van der Waals surface area contributed by atoms with Gasteiger partial charge in [0.15, 0.2) is 0 Å². The molecular formula is C15H16BF3N2O5. The summed E-state index contributed by atoms with van der Waals surface area (Å²) in [6.07, 6.45) is -1.56. The number of hydroxylamine groups is 2. The molecule has 7 nitrogen and oxygen atoms in total. The Hall–Kier alpha value is -2.53. The van der Waals surface area contributed by atoms with E-state index in [1.54, 1.807) is 7.05 Å². The number of likely N-dealkylation sites (N-methyl/N-ethyl adjacent to an activating group) is 1. The maximum atomic E-state index is 12.5. The minimum absolute atomic E-state index is 0.0972. The Balaban J connectivity index is 1.94. The summed E-state index contributed by atoms with van der Waals surface area (Å²) >= 11 is 0. The highest BCUT2D eigenvalue weighted by molar-refractivity contribution is 6.41. The number of carbonyl (C=O) groups excluding carboxylic acids is 2. The first-order chi connectivity index (χ1) is 12.1. The minimum atomic E-state index is -4.40. The third-order valence-electron chi connectivity index (χ3n) is 3.22. The van der Waals surface area contributed by atoms with Crippen LogP contribution in [0.25, 0.3) is 6.08 Å². The third-order valence-corrected chi connectivity index (χ3v) is 3.22. The van der Waals surface area contributed by atoms with Crippen LogP contribution in [0.5, 0.6) is 0 Å². The maximum Gasteiger partial charge on any atom is 0.814 e. The molecule has 0 atom stereocenters. The number of hydrogen-bond acceptors (Lipinski definition) is 7. The second kappa shape index (κ2) is 8.24. The van der Waals surface area contributed by atoms with Crippen LogP contribution < -0.4 is 0 Å². The van der Waals surface area contributed by atoms with Crippen molar-refractivity contribution in [1.29, 1.82) is 0 Å². The number of nitrogens with zero attached hydrogens (tertiary/aromatic N) is 2. The van der Waals surface area contributed by atoms with Crippen LogP contribution in [0.4, 0.5) is 13.2 Å². The molecule has 0 aliphatic carbocycles. The molecule has 11 heteroatoms. The molecule has 1 aliphatic rings. The van der Waals surface area contributed by atoms with Gasteiger partial charge >= 0.3 is 25.4 Å². The first-order valence-corrected chi connectivity index (χ1v) is 7.46. The van der Waals surface area contributed by atoms with E-state index in [9.17, 15) is 22.8 Å².